The monoisotopic (exact) mass is 354 g/mol. The van der Waals surface area contributed by atoms with E-state index in [1.54, 1.807) is 6.20 Å². The summed E-state index contributed by atoms with van der Waals surface area (Å²) in [5.41, 5.74) is 0.739. The van der Waals surface area contributed by atoms with E-state index in [0.717, 1.165) is 62.0 Å². The maximum atomic E-state index is 13.0. The van der Waals surface area contributed by atoms with E-state index in [-0.39, 0.29) is 11.8 Å². The van der Waals surface area contributed by atoms with Crippen LogP contribution in [0.25, 0.3) is 0 Å². The standard InChI is InChI=1S/C15H23BrN4O/c1-2-20-14(12(16)10-18-20)15(21)13-4-3-9-19(13)11-5-7-17-8-6-11/h10-11,13,17H,2-9H2,1H3. The summed E-state index contributed by atoms with van der Waals surface area (Å²) >= 11 is 3.49. The summed E-state index contributed by atoms with van der Waals surface area (Å²) < 4.78 is 2.64. The van der Waals surface area contributed by atoms with Crippen LogP contribution in [-0.4, -0.2) is 52.2 Å². The van der Waals surface area contributed by atoms with Crippen LogP contribution in [0.3, 0.4) is 0 Å². The third-order valence-electron chi connectivity index (χ3n) is 4.70. The Morgan fingerprint density at radius 2 is 2.19 bits per heavy atom. The van der Waals surface area contributed by atoms with Gasteiger partial charge in [0.2, 0.25) is 0 Å². The molecule has 2 aliphatic heterocycles. The van der Waals surface area contributed by atoms with Crippen molar-refractivity contribution < 1.29 is 4.79 Å². The number of hydrogen-bond acceptors (Lipinski definition) is 4. The minimum absolute atomic E-state index is 0.0337. The van der Waals surface area contributed by atoms with Gasteiger partial charge in [0.25, 0.3) is 0 Å². The molecule has 6 heteroatoms. The smallest absolute Gasteiger partial charge is 0.199 e. The number of halogens is 1. The number of hydrogen-bond donors (Lipinski definition) is 1. The first-order chi connectivity index (χ1) is 10.2. The zero-order chi connectivity index (χ0) is 14.8. The van der Waals surface area contributed by atoms with Crippen LogP contribution in [0.4, 0.5) is 0 Å². The molecule has 1 unspecified atom stereocenters. The highest BCUT2D eigenvalue weighted by Crippen LogP contribution is 2.29. The average molecular weight is 355 g/mol. The van der Waals surface area contributed by atoms with Crippen molar-refractivity contribution in [3.63, 3.8) is 0 Å². The Labute approximate surface area is 134 Å². The van der Waals surface area contributed by atoms with E-state index >= 15 is 0 Å². The zero-order valence-corrected chi connectivity index (χ0v) is 14.1. The van der Waals surface area contributed by atoms with E-state index in [1.807, 2.05) is 11.6 Å². The van der Waals surface area contributed by atoms with Gasteiger partial charge in [0.1, 0.15) is 5.69 Å². The number of carbonyl (C=O) groups is 1. The van der Waals surface area contributed by atoms with Crippen molar-refractivity contribution in [2.24, 2.45) is 0 Å². The minimum atomic E-state index is 0.0337. The summed E-state index contributed by atoms with van der Waals surface area (Å²) in [4.78, 5) is 15.5. The van der Waals surface area contributed by atoms with Crippen molar-refractivity contribution in [1.82, 2.24) is 20.0 Å². The summed E-state index contributed by atoms with van der Waals surface area (Å²) in [5.74, 6) is 0.234. The third-order valence-corrected chi connectivity index (χ3v) is 5.28. The molecule has 21 heavy (non-hydrogen) atoms. The fourth-order valence-corrected chi connectivity index (χ4v) is 4.14. The van der Waals surface area contributed by atoms with Crippen molar-refractivity contribution in [2.75, 3.05) is 19.6 Å². The molecule has 1 atom stereocenters. The first-order valence-electron chi connectivity index (χ1n) is 7.94. The summed E-state index contributed by atoms with van der Waals surface area (Å²) in [6, 6.07) is 0.589. The molecular weight excluding hydrogens is 332 g/mol. The van der Waals surface area contributed by atoms with Crippen LogP contribution in [-0.2, 0) is 6.54 Å². The SMILES string of the molecule is CCn1ncc(Br)c1C(=O)C1CCCN1C1CCNCC1. The van der Waals surface area contributed by atoms with Crippen molar-refractivity contribution in [1.29, 1.82) is 0 Å². The van der Waals surface area contributed by atoms with Gasteiger partial charge in [-0.3, -0.25) is 14.4 Å². The lowest BCUT2D eigenvalue weighted by Gasteiger charge is -2.35. The minimum Gasteiger partial charge on any atom is -0.317 e. The molecule has 0 saturated carbocycles. The van der Waals surface area contributed by atoms with Gasteiger partial charge in [-0.05, 0) is 68.2 Å². The number of rotatable bonds is 4. The number of aryl methyl sites for hydroxylation is 1. The molecule has 0 aromatic carbocycles. The van der Waals surface area contributed by atoms with E-state index in [9.17, 15) is 4.79 Å². The predicted molar refractivity (Wildman–Crippen MR) is 85.6 cm³/mol. The molecule has 0 bridgehead atoms. The Kier molecular flexibility index (Phi) is 4.76. The topological polar surface area (TPSA) is 50.2 Å². The first-order valence-corrected chi connectivity index (χ1v) is 8.73. The number of nitrogens with zero attached hydrogens (tertiary/aromatic N) is 3. The number of Topliss-reactive ketones (excluding diaryl/α,β-unsaturated/α-hetero) is 1. The molecule has 1 N–H and O–H groups in total. The molecule has 0 radical (unpaired) electrons. The number of aromatic nitrogens is 2. The number of nitrogens with one attached hydrogen (secondary N) is 1. The highest BCUT2D eigenvalue weighted by Gasteiger charge is 2.37. The van der Waals surface area contributed by atoms with E-state index in [0.29, 0.717) is 6.04 Å². The van der Waals surface area contributed by atoms with E-state index in [1.165, 1.54) is 0 Å². The van der Waals surface area contributed by atoms with Crippen LogP contribution in [0.15, 0.2) is 10.7 Å². The van der Waals surface area contributed by atoms with Crippen LogP contribution >= 0.6 is 15.9 Å². The van der Waals surface area contributed by atoms with Crippen LogP contribution in [0.2, 0.25) is 0 Å². The van der Waals surface area contributed by atoms with Gasteiger partial charge in [-0.15, -0.1) is 0 Å². The first kappa shape index (κ1) is 15.2. The van der Waals surface area contributed by atoms with Crippen LogP contribution in [0.1, 0.15) is 43.1 Å². The Morgan fingerprint density at radius 3 is 2.90 bits per heavy atom. The molecule has 0 spiro atoms. The van der Waals surface area contributed by atoms with Crippen LogP contribution < -0.4 is 5.32 Å². The lowest BCUT2D eigenvalue weighted by molar-refractivity contribution is 0.0772. The second kappa shape index (κ2) is 6.58. The van der Waals surface area contributed by atoms with Gasteiger partial charge in [0, 0.05) is 12.6 Å². The molecule has 0 amide bonds. The molecule has 1 aromatic heterocycles. The quantitative estimate of drug-likeness (QED) is 0.840. The summed E-state index contributed by atoms with van der Waals surface area (Å²) in [6.07, 6.45) is 6.14. The third kappa shape index (κ3) is 2.94. The predicted octanol–water partition coefficient (Wildman–Crippen LogP) is 2.06. The van der Waals surface area contributed by atoms with E-state index < -0.39 is 0 Å². The van der Waals surface area contributed by atoms with Crippen molar-refractivity contribution in [3.8, 4) is 0 Å². The molecule has 2 saturated heterocycles. The van der Waals surface area contributed by atoms with Gasteiger partial charge in [-0.1, -0.05) is 0 Å². The Balaban J connectivity index is 1.81. The Bertz CT molecular complexity index is 510. The number of ketones is 1. The molecule has 3 rings (SSSR count). The highest BCUT2D eigenvalue weighted by atomic mass is 79.9. The summed E-state index contributed by atoms with van der Waals surface area (Å²) in [7, 11) is 0. The lowest BCUT2D eigenvalue weighted by Crippen LogP contribution is -2.48. The maximum Gasteiger partial charge on any atom is 0.199 e. The van der Waals surface area contributed by atoms with Gasteiger partial charge in [-0.25, -0.2) is 0 Å². The Morgan fingerprint density at radius 1 is 1.43 bits per heavy atom. The molecule has 2 aliphatic rings. The normalized spacial score (nSPS) is 24.6. The molecule has 2 fully saturated rings. The largest absolute Gasteiger partial charge is 0.317 e. The zero-order valence-electron chi connectivity index (χ0n) is 12.5. The Hall–Kier alpha value is -0.720. The highest BCUT2D eigenvalue weighted by molar-refractivity contribution is 9.10. The molecule has 116 valence electrons. The number of likely N-dealkylation sites (tertiary alicyclic amines) is 1. The molecule has 5 nitrogen and oxygen atoms in total. The van der Waals surface area contributed by atoms with Gasteiger partial charge in [0.05, 0.1) is 16.7 Å². The van der Waals surface area contributed by atoms with E-state index in [4.69, 9.17) is 0 Å². The van der Waals surface area contributed by atoms with Crippen molar-refractivity contribution in [2.45, 2.75) is 51.2 Å². The van der Waals surface area contributed by atoms with Gasteiger partial charge in [-0.2, -0.15) is 5.10 Å². The molecular formula is C15H23BrN4O. The van der Waals surface area contributed by atoms with Gasteiger partial charge < -0.3 is 5.32 Å². The van der Waals surface area contributed by atoms with Crippen LogP contribution in [0.5, 0.6) is 0 Å². The molecule has 0 aliphatic carbocycles. The number of carbonyl (C=O) groups excluding carboxylic acids is 1. The van der Waals surface area contributed by atoms with Crippen molar-refractivity contribution in [3.05, 3.63) is 16.4 Å². The average Bonchev–Trinajstić information content (AvgIpc) is 3.14. The fraction of sp³-hybridized carbons (Fsp3) is 0.733. The molecule has 3 heterocycles. The summed E-state index contributed by atoms with van der Waals surface area (Å²) in [5, 5.41) is 7.69. The summed E-state index contributed by atoms with van der Waals surface area (Å²) in [6.45, 7) is 5.94. The second-order valence-corrected chi connectivity index (χ2v) is 6.75. The number of piperidine rings is 1. The lowest BCUT2D eigenvalue weighted by atomic mass is 10.0. The molecule has 1 aromatic rings. The maximum absolute atomic E-state index is 13.0. The fourth-order valence-electron chi connectivity index (χ4n) is 3.65. The second-order valence-electron chi connectivity index (χ2n) is 5.90. The van der Waals surface area contributed by atoms with Crippen molar-refractivity contribution >= 4 is 21.7 Å². The van der Waals surface area contributed by atoms with Crippen LogP contribution in [0, 0.1) is 0 Å². The van der Waals surface area contributed by atoms with E-state index in [2.05, 4.69) is 31.2 Å². The van der Waals surface area contributed by atoms with Gasteiger partial charge in [0.15, 0.2) is 5.78 Å². The van der Waals surface area contributed by atoms with Gasteiger partial charge >= 0.3 is 0 Å².